The molecule has 0 aromatic heterocycles. The van der Waals surface area contributed by atoms with Crippen LogP contribution in [0.3, 0.4) is 0 Å². The van der Waals surface area contributed by atoms with Crippen molar-refractivity contribution >= 4 is 23.3 Å². The maximum absolute atomic E-state index is 12.7. The number of anilines is 2. The van der Waals surface area contributed by atoms with Crippen molar-refractivity contribution < 1.29 is 19.1 Å². The zero-order chi connectivity index (χ0) is 18.6. The van der Waals surface area contributed by atoms with Gasteiger partial charge in [0.15, 0.2) is 6.61 Å². The average molecular weight is 354 g/mol. The summed E-state index contributed by atoms with van der Waals surface area (Å²) in [6, 6.07) is 16.7. The number of nitrogens with zero attached hydrogens (tertiary/aromatic N) is 1. The van der Waals surface area contributed by atoms with E-state index in [2.05, 4.69) is 5.32 Å². The Balaban J connectivity index is 1.55. The van der Waals surface area contributed by atoms with Crippen molar-refractivity contribution in [1.82, 2.24) is 0 Å². The summed E-state index contributed by atoms with van der Waals surface area (Å²) in [6.45, 7) is 3.89. The van der Waals surface area contributed by atoms with Crippen LogP contribution in [0.15, 0.2) is 54.6 Å². The Morgan fingerprint density at radius 3 is 2.54 bits per heavy atom. The van der Waals surface area contributed by atoms with Crippen LogP contribution >= 0.6 is 0 Å². The second-order valence-corrected chi connectivity index (χ2v) is 6.55. The number of para-hydroxylation sites is 3. The zero-order valence-corrected chi connectivity index (χ0v) is 14.9. The lowest BCUT2D eigenvalue weighted by molar-refractivity contribution is -0.146. The van der Waals surface area contributed by atoms with Crippen molar-refractivity contribution in [2.24, 2.45) is 0 Å². The van der Waals surface area contributed by atoms with E-state index in [9.17, 15) is 9.59 Å². The minimum Gasteiger partial charge on any atom is -0.482 e. The Hall–Kier alpha value is -3.02. The van der Waals surface area contributed by atoms with Crippen molar-refractivity contribution in [1.29, 1.82) is 0 Å². The lowest BCUT2D eigenvalue weighted by Gasteiger charge is -2.39. The normalized spacial score (nSPS) is 15.0. The molecule has 1 aliphatic heterocycles. The van der Waals surface area contributed by atoms with E-state index in [1.54, 1.807) is 17.0 Å². The molecule has 1 N–H and O–H groups in total. The van der Waals surface area contributed by atoms with Crippen LogP contribution in [0, 0.1) is 0 Å². The van der Waals surface area contributed by atoms with E-state index in [4.69, 9.17) is 9.47 Å². The van der Waals surface area contributed by atoms with E-state index in [0.29, 0.717) is 5.75 Å². The number of hydrogen-bond donors (Lipinski definition) is 1. The standard InChI is InChI=1S/C20H22N2O4/c1-20(2)19(24)22(17-11-7-6-10-16(17)21-20)12-13-25-18(23)14-26-15-8-4-3-5-9-15/h3-11,21H,12-14H2,1-2H3. The molecule has 0 spiro atoms. The Morgan fingerprint density at radius 1 is 1.08 bits per heavy atom. The molecule has 2 aromatic carbocycles. The molecule has 0 aliphatic carbocycles. The molecular weight excluding hydrogens is 332 g/mol. The smallest absolute Gasteiger partial charge is 0.344 e. The van der Waals surface area contributed by atoms with Crippen LogP contribution in [0.1, 0.15) is 13.8 Å². The number of ether oxygens (including phenoxy) is 2. The molecule has 6 heteroatoms. The van der Waals surface area contributed by atoms with Crippen LogP contribution in [0.5, 0.6) is 5.75 Å². The third-order valence-electron chi connectivity index (χ3n) is 4.10. The number of esters is 1. The third kappa shape index (κ3) is 3.96. The molecule has 26 heavy (non-hydrogen) atoms. The first-order valence-corrected chi connectivity index (χ1v) is 8.50. The fourth-order valence-electron chi connectivity index (χ4n) is 2.83. The van der Waals surface area contributed by atoms with Gasteiger partial charge in [0, 0.05) is 0 Å². The molecule has 0 unspecified atom stereocenters. The number of benzene rings is 2. The molecule has 0 saturated carbocycles. The molecular formula is C20H22N2O4. The number of hydrogen-bond acceptors (Lipinski definition) is 5. The van der Waals surface area contributed by atoms with Crippen LogP contribution in [0.25, 0.3) is 0 Å². The van der Waals surface area contributed by atoms with Gasteiger partial charge >= 0.3 is 5.97 Å². The number of fused-ring (bicyclic) bond motifs is 1. The van der Waals surface area contributed by atoms with Gasteiger partial charge in [-0.05, 0) is 38.1 Å². The third-order valence-corrected chi connectivity index (χ3v) is 4.10. The lowest BCUT2D eigenvalue weighted by Crippen LogP contribution is -2.54. The van der Waals surface area contributed by atoms with Crippen LogP contribution in [-0.4, -0.2) is 37.2 Å². The summed E-state index contributed by atoms with van der Waals surface area (Å²) in [5.41, 5.74) is 0.957. The van der Waals surface area contributed by atoms with Crippen LogP contribution in [0.2, 0.25) is 0 Å². The number of rotatable bonds is 6. The zero-order valence-electron chi connectivity index (χ0n) is 14.9. The monoisotopic (exact) mass is 354 g/mol. The first-order chi connectivity index (χ1) is 12.5. The first-order valence-electron chi connectivity index (χ1n) is 8.50. The van der Waals surface area contributed by atoms with Gasteiger partial charge in [0.2, 0.25) is 0 Å². The Labute approximate surface area is 152 Å². The van der Waals surface area contributed by atoms with Gasteiger partial charge in [-0.15, -0.1) is 0 Å². The van der Waals surface area contributed by atoms with Crippen LogP contribution in [0.4, 0.5) is 11.4 Å². The number of amides is 1. The van der Waals surface area contributed by atoms with Gasteiger partial charge in [-0.1, -0.05) is 30.3 Å². The highest BCUT2D eigenvalue weighted by Gasteiger charge is 2.38. The Bertz CT molecular complexity index is 789. The summed E-state index contributed by atoms with van der Waals surface area (Å²) in [4.78, 5) is 26.2. The maximum Gasteiger partial charge on any atom is 0.344 e. The second kappa shape index (κ2) is 7.47. The molecule has 0 fully saturated rings. The number of nitrogens with one attached hydrogen (secondary N) is 1. The molecule has 1 amide bonds. The van der Waals surface area contributed by atoms with Crippen LogP contribution < -0.4 is 15.0 Å². The molecule has 1 aliphatic rings. The molecule has 6 nitrogen and oxygen atoms in total. The first kappa shape index (κ1) is 17.8. The summed E-state index contributed by atoms with van der Waals surface area (Å²) in [6.07, 6.45) is 0. The largest absolute Gasteiger partial charge is 0.482 e. The fraction of sp³-hybridized carbons (Fsp3) is 0.300. The molecule has 3 rings (SSSR count). The van der Waals surface area contributed by atoms with Crippen molar-refractivity contribution in [2.45, 2.75) is 19.4 Å². The summed E-state index contributed by atoms with van der Waals surface area (Å²) in [5.74, 6) is 0.0779. The quantitative estimate of drug-likeness (QED) is 0.808. The SMILES string of the molecule is CC1(C)Nc2ccccc2N(CCOC(=O)COc2ccccc2)C1=O. The van der Waals surface area contributed by atoms with Crippen molar-refractivity contribution in [3.63, 3.8) is 0 Å². The molecule has 2 aromatic rings. The van der Waals surface area contributed by atoms with Crippen molar-refractivity contribution in [3.8, 4) is 5.75 Å². The van der Waals surface area contributed by atoms with Gasteiger partial charge in [-0.2, -0.15) is 0 Å². The number of carbonyl (C=O) groups excluding carboxylic acids is 2. The van der Waals surface area contributed by atoms with Gasteiger partial charge in [0.25, 0.3) is 5.91 Å². The van der Waals surface area contributed by atoms with E-state index in [-0.39, 0.29) is 25.7 Å². The van der Waals surface area contributed by atoms with Gasteiger partial charge < -0.3 is 19.7 Å². The predicted molar refractivity (Wildman–Crippen MR) is 99.4 cm³/mol. The summed E-state index contributed by atoms with van der Waals surface area (Å²) < 4.78 is 10.6. The van der Waals surface area contributed by atoms with Gasteiger partial charge in [0.05, 0.1) is 17.9 Å². The van der Waals surface area contributed by atoms with E-state index < -0.39 is 11.5 Å². The summed E-state index contributed by atoms with van der Waals surface area (Å²) in [7, 11) is 0. The average Bonchev–Trinajstić information content (AvgIpc) is 2.64. The highest BCUT2D eigenvalue weighted by Crippen LogP contribution is 2.34. The van der Waals surface area contributed by atoms with E-state index in [1.165, 1.54) is 0 Å². The highest BCUT2D eigenvalue weighted by molar-refractivity contribution is 6.07. The molecule has 136 valence electrons. The minimum atomic E-state index is -0.714. The van der Waals surface area contributed by atoms with Gasteiger partial charge in [0.1, 0.15) is 17.9 Å². The summed E-state index contributed by atoms with van der Waals surface area (Å²) >= 11 is 0. The van der Waals surface area contributed by atoms with Crippen molar-refractivity contribution in [3.05, 3.63) is 54.6 Å². The topological polar surface area (TPSA) is 67.9 Å². The fourth-order valence-corrected chi connectivity index (χ4v) is 2.83. The van der Waals surface area contributed by atoms with Crippen LogP contribution in [-0.2, 0) is 14.3 Å². The molecule has 1 heterocycles. The highest BCUT2D eigenvalue weighted by atomic mass is 16.6. The lowest BCUT2D eigenvalue weighted by atomic mass is 9.98. The Morgan fingerprint density at radius 2 is 1.77 bits per heavy atom. The molecule has 0 bridgehead atoms. The van der Waals surface area contributed by atoms with Gasteiger partial charge in [-0.3, -0.25) is 4.79 Å². The second-order valence-electron chi connectivity index (χ2n) is 6.55. The molecule has 0 saturated heterocycles. The minimum absolute atomic E-state index is 0.0622. The van der Waals surface area contributed by atoms with E-state index in [0.717, 1.165) is 11.4 Å². The maximum atomic E-state index is 12.7. The van der Waals surface area contributed by atoms with E-state index in [1.807, 2.05) is 56.3 Å². The molecule has 0 atom stereocenters. The predicted octanol–water partition coefficient (Wildman–Crippen LogP) is 2.85. The van der Waals surface area contributed by atoms with Gasteiger partial charge in [-0.25, -0.2) is 4.79 Å². The van der Waals surface area contributed by atoms with Crippen molar-refractivity contribution in [2.75, 3.05) is 30.0 Å². The molecule has 0 radical (unpaired) electrons. The Kier molecular flexibility index (Phi) is 5.11. The summed E-state index contributed by atoms with van der Waals surface area (Å²) in [5, 5.41) is 3.23. The van der Waals surface area contributed by atoms with E-state index >= 15 is 0 Å². The number of carbonyl (C=O) groups is 2.